The summed E-state index contributed by atoms with van der Waals surface area (Å²) in [5, 5.41) is 0. The molecule has 2 aliphatic rings. The summed E-state index contributed by atoms with van der Waals surface area (Å²) in [7, 11) is 4.39. The Bertz CT molecular complexity index is 408. The molecule has 25 heavy (non-hydrogen) atoms. The van der Waals surface area contributed by atoms with Crippen molar-refractivity contribution in [2.75, 3.05) is 53.6 Å². The molecule has 2 fully saturated rings. The van der Waals surface area contributed by atoms with E-state index in [1.54, 1.807) is 0 Å². The molecule has 5 heteroatoms. The second-order valence-electron chi connectivity index (χ2n) is 9.63. The Balaban J connectivity index is 1.80. The Morgan fingerprint density at radius 2 is 1.64 bits per heavy atom. The molecule has 5 nitrogen and oxygen atoms in total. The van der Waals surface area contributed by atoms with Crippen molar-refractivity contribution < 1.29 is 14.2 Å². The highest BCUT2D eigenvalue weighted by Crippen LogP contribution is 2.26. The molecule has 0 radical (unpaired) electrons. The van der Waals surface area contributed by atoms with E-state index in [4.69, 9.17) is 14.2 Å². The molecular formula is C20H40N2O3. The summed E-state index contributed by atoms with van der Waals surface area (Å²) in [6.45, 7) is 16.2. The number of nitrogens with zero attached hydrogens (tertiary/aromatic N) is 2. The van der Waals surface area contributed by atoms with Gasteiger partial charge >= 0.3 is 0 Å². The second kappa shape index (κ2) is 8.66. The molecule has 3 atom stereocenters. The van der Waals surface area contributed by atoms with Crippen LogP contribution in [0.15, 0.2) is 0 Å². The van der Waals surface area contributed by atoms with Gasteiger partial charge < -0.3 is 19.1 Å². The maximum absolute atomic E-state index is 6.32. The quantitative estimate of drug-likeness (QED) is 0.700. The van der Waals surface area contributed by atoms with E-state index in [9.17, 15) is 0 Å². The largest absolute Gasteiger partial charge is 0.378 e. The standard InChI is InChI=1S/C20H40N2O3/c1-19(2,3)24-15-18-14-23-13-17(22(18)7)10-20(4,5)25-12-16-8-9-21(6)11-16/h16-18H,8-15H2,1-7H3. The molecule has 2 heterocycles. The lowest BCUT2D eigenvalue weighted by molar-refractivity contribution is -0.116. The Hall–Kier alpha value is -0.200. The summed E-state index contributed by atoms with van der Waals surface area (Å²) >= 11 is 0. The van der Waals surface area contributed by atoms with E-state index >= 15 is 0 Å². The SMILES string of the molecule is CN1CCC(COC(C)(C)CC2COCC(COC(C)(C)C)N2C)C1. The zero-order valence-corrected chi connectivity index (χ0v) is 17.5. The number of likely N-dealkylation sites (N-methyl/N-ethyl adjacent to an activating group) is 1. The van der Waals surface area contributed by atoms with Crippen LogP contribution in [-0.4, -0.2) is 86.7 Å². The maximum Gasteiger partial charge on any atom is 0.0651 e. The fourth-order valence-electron chi connectivity index (χ4n) is 3.72. The Labute approximate surface area is 155 Å². The minimum Gasteiger partial charge on any atom is -0.378 e. The third-order valence-electron chi connectivity index (χ3n) is 5.41. The fourth-order valence-corrected chi connectivity index (χ4v) is 3.72. The molecule has 148 valence electrons. The summed E-state index contributed by atoms with van der Waals surface area (Å²) in [6, 6.07) is 0.695. The van der Waals surface area contributed by atoms with Crippen LogP contribution in [0.1, 0.15) is 47.5 Å². The van der Waals surface area contributed by atoms with Crippen LogP contribution in [0, 0.1) is 5.92 Å². The molecule has 0 aromatic rings. The smallest absolute Gasteiger partial charge is 0.0651 e. The minimum absolute atomic E-state index is 0.107. The monoisotopic (exact) mass is 356 g/mol. The topological polar surface area (TPSA) is 34.2 Å². The highest BCUT2D eigenvalue weighted by Gasteiger charge is 2.34. The number of hydrogen-bond donors (Lipinski definition) is 0. The summed E-state index contributed by atoms with van der Waals surface area (Å²) < 4.78 is 18.2. The van der Waals surface area contributed by atoms with Crippen molar-refractivity contribution in [2.24, 2.45) is 5.92 Å². The lowest BCUT2D eigenvalue weighted by Gasteiger charge is -2.43. The molecule has 3 unspecified atom stereocenters. The number of hydrogen-bond acceptors (Lipinski definition) is 5. The highest BCUT2D eigenvalue weighted by atomic mass is 16.5. The summed E-state index contributed by atoms with van der Waals surface area (Å²) in [5.74, 6) is 0.678. The Morgan fingerprint density at radius 1 is 0.960 bits per heavy atom. The van der Waals surface area contributed by atoms with Crippen LogP contribution >= 0.6 is 0 Å². The van der Waals surface area contributed by atoms with Gasteiger partial charge in [0.15, 0.2) is 0 Å². The molecule has 2 saturated heterocycles. The average molecular weight is 357 g/mol. The summed E-state index contributed by atoms with van der Waals surface area (Å²) in [5.41, 5.74) is -0.235. The first-order valence-corrected chi connectivity index (χ1v) is 9.82. The molecule has 2 aliphatic heterocycles. The van der Waals surface area contributed by atoms with Crippen LogP contribution in [0.4, 0.5) is 0 Å². The van der Waals surface area contributed by atoms with E-state index in [0.29, 0.717) is 24.6 Å². The van der Waals surface area contributed by atoms with Crippen molar-refractivity contribution in [1.82, 2.24) is 9.80 Å². The third-order valence-corrected chi connectivity index (χ3v) is 5.41. The molecule has 0 amide bonds. The summed E-state index contributed by atoms with van der Waals surface area (Å²) in [4.78, 5) is 4.83. The molecule has 0 spiro atoms. The van der Waals surface area contributed by atoms with E-state index < -0.39 is 0 Å². The van der Waals surface area contributed by atoms with Gasteiger partial charge in [0.2, 0.25) is 0 Å². The van der Waals surface area contributed by atoms with Gasteiger partial charge in [-0.3, -0.25) is 4.90 Å². The fraction of sp³-hybridized carbons (Fsp3) is 1.00. The van der Waals surface area contributed by atoms with Crippen molar-refractivity contribution in [3.8, 4) is 0 Å². The van der Waals surface area contributed by atoms with Gasteiger partial charge in [-0.1, -0.05) is 0 Å². The third kappa shape index (κ3) is 7.14. The number of morpholine rings is 1. The van der Waals surface area contributed by atoms with E-state index in [2.05, 4.69) is 58.5 Å². The van der Waals surface area contributed by atoms with E-state index in [-0.39, 0.29) is 11.2 Å². The van der Waals surface area contributed by atoms with Crippen LogP contribution in [0.5, 0.6) is 0 Å². The zero-order valence-electron chi connectivity index (χ0n) is 17.5. The van der Waals surface area contributed by atoms with Gasteiger partial charge in [-0.25, -0.2) is 0 Å². The van der Waals surface area contributed by atoms with Gasteiger partial charge in [0.05, 0.1) is 43.7 Å². The molecule has 2 rings (SSSR count). The van der Waals surface area contributed by atoms with Gasteiger partial charge in [-0.15, -0.1) is 0 Å². The molecule has 0 bridgehead atoms. The second-order valence-corrected chi connectivity index (χ2v) is 9.63. The summed E-state index contributed by atoms with van der Waals surface area (Å²) in [6.07, 6.45) is 2.24. The van der Waals surface area contributed by atoms with Gasteiger partial charge in [-0.2, -0.15) is 0 Å². The molecular weight excluding hydrogens is 316 g/mol. The van der Waals surface area contributed by atoms with Gasteiger partial charge in [-0.05, 0) is 74.0 Å². The predicted molar refractivity (Wildman–Crippen MR) is 102 cm³/mol. The average Bonchev–Trinajstić information content (AvgIpc) is 2.91. The highest BCUT2D eigenvalue weighted by molar-refractivity contribution is 4.87. The number of rotatable bonds is 7. The van der Waals surface area contributed by atoms with E-state index in [0.717, 1.165) is 32.8 Å². The van der Waals surface area contributed by atoms with Gasteiger partial charge in [0.25, 0.3) is 0 Å². The lowest BCUT2D eigenvalue weighted by atomic mass is 9.96. The van der Waals surface area contributed by atoms with Crippen molar-refractivity contribution >= 4 is 0 Å². The van der Waals surface area contributed by atoms with Crippen molar-refractivity contribution in [1.29, 1.82) is 0 Å². The molecule has 0 saturated carbocycles. The van der Waals surface area contributed by atoms with Crippen molar-refractivity contribution in [2.45, 2.75) is 70.7 Å². The first-order valence-electron chi connectivity index (χ1n) is 9.82. The maximum atomic E-state index is 6.32. The zero-order chi connectivity index (χ0) is 18.7. The van der Waals surface area contributed by atoms with Gasteiger partial charge in [0.1, 0.15) is 0 Å². The van der Waals surface area contributed by atoms with Crippen LogP contribution in [0.3, 0.4) is 0 Å². The predicted octanol–water partition coefficient (Wildman–Crippen LogP) is 2.64. The lowest BCUT2D eigenvalue weighted by Crippen LogP contribution is -2.54. The van der Waals surface area contributed by atoms with E-state index in [1.807, 2.05) is 0 Å². The van der Waals surface area contributed by atoms with Crippen LogP contribution in [0.25, 0.3) is 0 Å². The molecule has 0 aliphatic carbocycles. The molecule has 0 aromatic carbocycles. The Kier molecular flexibility index (Phi) is 7.31. The van der Waals surface area contributed by atoms with Crippen LogP contribution < -0.4 is 0 Å². The number of ether oxygens (including phenoxy) is 3. The van der Waals surface area contributed by atoms with E-state index in [1.165, 1.54) is 13.0 Å². The van der Waals surface area contributed by atoms with Gasteiger partial charge in [0, 0.05) is 12.6 Å². The first kappa shape index (κ1) is 21.1. The number of likely N-dealkylation sites (tertiary alicyclic amines) is 1. The van der Waals surface area contributed by atoms with Crippen molar-refractivity contribution in [3.63, 3.8) is 0 Å². The van der Waals surface area contributed by atoms with Crippen LogP contribution in [-0.2, 0) is 14.2 Å². The molecule has 0 N–H and O–H groups in total. The Morgan fingerprint density at radius 3 is 2.24 bits per heavy atom. The van der Waals surface area contributed by atoms with Crippen LogP contribution in [0.2, 0.25) is 0 Å². The van der Waals surface area contributed by atoms with Crippen molar-refractivity contribution in [3.05, 3.63) is 0 Å². The first-order chi connectivity index (χ1) is 11.6. The normalized spacial score (nSPS) is 30.1. The minimum atomic E-state index is -0.129. The molecule has 0 aromatic heterocycles.